The Bertz CT molecular complexity index is 5930. The van der Waals surface area contributed by atoms with Gasteiger partial charge in [-0.3, -0.25) is 19.2 Å². The number of rotatable bonds is 16. The van der Waals surface area contributed by atoms with Gasteiger partial charge in [0.1, 0.15) is 42.3 Å². The second-order valence-corrected chi connectivity index (χ2v) is 32.6. The minimum atomic E-state index is -1.15. The molecule has 0 bridgehead atoms. The van der Waals surface area contributed by atoms with Crippen LogP contribution in [0, 0.1) is 6.92 Å². The van der Waals surface area contributed by atoms with Crippen molar-refractivity contribution in [2.75, 3.05) is 21.3 Å². The molecule has 7 aromatic heterocycles. The van der Waals surface area contributed by atoms with Crippen molar-refractivity contribution in [2.45, 2.75) is 20.8 Å². The number of carbonyl (C=O) groups excluding carboxylic acids is 4. The van der Waals surface area contributed by atoms with Crippen LogP contribution in [0.15, 0.2) is 230 Å². The molecule has 0 atom stereocenters. The number of thiophene rings is 7. The lowest BCUT2D eigenvalue weighted by Crippen LogP contribution is -2.13. The van der Waals surface area contributed by atoms with Gasteiger partial charge in [-0.1, -0.05) is 137 Å². The lowest BCUT2D eigenvalue weighted by atomic mass is 10.0. The Hall–Kier alpha value is -10.7. The van der Waals surface area contributed by atoms with Crippen molar-refractivity contribution < 1.29 is 58.8 Å². The van der Waals surface area contributed by atoms with Gasteiger partial charge in [-0.25, -0.2) is 19.2 Å². The summed E-state index contributed by atoms with van der Waals surface area (Å²) in [6.45, 7) is 1.98. The van der Waals surface area contributed by atoms with E-state index in [-0.39, 0.29) is 58.3 Å². The third-order valence-corrected chi connectivity index (χ3v) is 24.6. The topological polar surface area (TPSA) is 266 Å². The van der Waals surface area contributed by atoms with Crippen LogP contribution in [0.3, 0.4) is 0 Å². The molecule has 1 aliphatic rings. The van der Waals surface area contributed by atoms with Crippen LogP contribution in [0.5, 0.6) is 0 Å². The highest BCUT2D eigenvalue weighted by Gasteiger charge is 2.27. The van der Waals surface area contributed by atoms with Crippen LogP contribution >= 0.6 is 130 Å². The monoisotopic (exact) mass is 1710 g/mol. The summed E-state index contributed by atoms with van der Waals surface area (Å²) >= 11 is 31.0. The first-order valence-corrected chi connectivity index (χ1v) is 40.5. The molecule has 0 aliphatic heterocycles. The van der Waals surface area contributed by atoms with Crippen LogP contribution in [0.4, 0.5) is 20.0 Å². The largest absolute Gasteiger partial charge is 0.478 e. The van der Waals surface area contributed by atoms with Crippen molar-refractivity contribution in [1.29, 1.82) is 0 Å². The zero-order valence-electron chi connectivity index (χ0n) is 56.1. The molecule has 7 heterocycles. The molecule has 0 radical (unpaired) electrons. The van der Waals surface area contributed by atoms with Crippen molar-refractivity contribution in [3.63, 3.8) is 0 Å². The van der Waals surface area contributed by atoms with E-state index >= 15 is 0 Å². The Balaban J connectivity index is 0.000000136. The highest BCUT2D eigenvalue weighted by Crippen LogP contribution is 2.43. The molecule has 110 heavy (non-hydrogen) atoms. The molecule has 8 aromatic carbocycles. The van der Waals surface area contributed by atoms with E-state index in [1.165, 1.54) is 39.6 Å². The van der Waals surface area contributed by atoms with Gasteiger partial charge in [0.2, 0.25) is 0 Å². The van der Waals surface area contributed by atoms with Gasteiger partial charge in [0.05, 0.1) is 0 Å². The van der Waals surface area contributed by atoms with E-state index in [0.29, 0.717) is 80.1 Å². The van der Waals surface area contributed by atoms with Crippen molar-refractivity contribution >= 4 is 234 Å². The number of carbonyl (C=O) groups is 8. The highest BCUT2D eigenvalue weighted by atomic mass is 79.9. The Morgan fingerprint density at radius 1 is 0.373 bits per heavy atom. The normalized spacial score (nSPS) is 11.1. The van der Waals surface area contributed by atoms with Gasteiger partial charge in [0.25, 0.3) is 23.6 Å². The van der Waals surface area contributed by atoms with Crippen LogP contribution in [0.2, 0.25) is 15.1 Å². The number of hydrogen-bond donors (Lipinski definition) is 8. The predicted molar refractivity (Wildman–Crippen MR) is 458 cm³/mol. The van der Waals surface area contributed by atoms with E-state index in [1.807, 2.05) is 144 Å². The summed E-state index contributed by atoms with van der Waals surface area (Å²) < 4.78 is 4.20. The molecule has 550 valence electrons. The van der Waals surface area contributed by atoms with E-state index < -0.39 is 23.9 Å². The second kappa shape index (κ2) is 34.9. The van der Waals surface area contributed by atoms with Gasteiger partial charge in [-0.15, -0.1) is 79.4 Å². The van der Waals surface area contributed by atoms with Crippen LogP contribution in [0.1, 0.15) is 107 Å². The van der Waals surface area contributed by atoms with Crippen molar-refractivity contribution in [3.8, 4) is 44.5 Å². The van der Waals surface area contributed by atoms with Gasteiger partial charge >= 0.3 is 23.9 Å². The fraction of sp³-hybridized carbons (Fsp3) is 0.0361. The van der Waals surface area contributed by atoms with Crippen LogP contribution < -0.4 is 21.3 Å². The Labute approximate surface area is 679 Å². The van der Waals surface area contributed by atoms with Crippen LogP contribution in [0.25, 0.3) is 80.8 Å². The summed E-state index contributed by atoms with van der Waals surface area (Å²) in [5.41, 5.74) is 10.6. The standard InChI is InChI=1S/C21H14ClNO3S.C21H15NO3S2.C20H12BrNO3S2.C20H11Cl2NO3S2.CH4/c22-16-8-6-13(7-9-16)17-11-27-20(18(17)21(25)26)23-19(24)15-5-4-12-2-1-3-14(12)10-15;1-12-2-4-13(5-3-12)16-11-27-20(18(16)21(24)25)22-19(23)15-6-7-17-14(10-15)8-9-26-17;21-14-4-1-11(2-5-14)15-10-27-19(17(15)20(24)25)22-18(23)13-3-6-16-12(9-13)7-8-26-16;21-12-2-3-13(15(22)8-12)14-9-28-19(17(14)20(25)26)23-18(24)11-1-4-16-10(7-11)5-6-27-16;/h1,3-11H,2H2,(H,23,24)(H,25,26);2-11H,1H3,(H,22,23)(H,24,25);1-10H,(H,22,23)(H,24,25);1-9H,(H,23,24)(H,25,26);1H4. The summed E-state index contributed by atoms with van der Waals surface area (Å²) in [6.07, 6.45) is 4.90. The number of carboxylic acids is 4. The summed E-state index contributed by atoms with van der Waals surface area (Å²) in [6, 6.07) is 54.5. The van der Waals surface area contributed by atoms with Gasteiger partial charge in [0.15, 0.2) is 0 Å². The lowest BCUT2D eigenvalue weighted by molar-refractivity contribution is 0.0688. The quantitative estimate of drug-likeness (QED) is 0.0449. The van der Waals surface area contributed by atoms with Gasteiger partial charge in [0, 0.05) is 105 Å². The molecule has 16 nitrogen and oxygen atoms in total. The molecular weight excluding hydrogens is 1660 g/mol. The average Bonchev–Trinajstić information content (AvgIpc) is 1.67. The SMILES string of the molecule is C.Cc1ccc(-c2csc(NC(=O)c3ccc4sccc4c3)c2C(=O)O)cc1.O=C(Nc1scc(-c2ccc(Br)cc2)c1C(=O)O)c1ccc2sccc2c1.O=C(Nc1scc(-c2ccc(Cl)cc2)c1C(=O)O)c1ccc2c(c1)C=CC2.O=C(Nc1scc(-c2ccc(Cl)cc2Cl)c1C(=O)O)c1ccc2sccc2c1. The van der Waals surface area contributed by atoms with Gasteiger partial charge in [-0.05, 0) is 195 Å². The maximum Gasteiger partial charge on any atom is 0.339 e. The molecule has 27 heteroatoms. The van der Waals surface area contributed by atoms with E-state index in [9.17, 15) is 58.8 Å². The zero-order valence-corrected chi connectivity index (χ0v) is 65.7. The summed E-state index contributed by atoms with van der Waals surface area (Å²) in [4.78, 5) is 98.1. The number of aromatic carboxylic acids is 4. The van der Waals surface area contributed by atoms with Crippen LogP contribution in [-0.4, -0.2) is 67.9 Å². The highest BCUT2D eigenvalue weighted by molar-refractivity contribution is 9.10. The van der Waals surface area contributed by atoms with Crippen LogP contribution in [-0.2, 0) is 6.42 Å². The molecule has 4 amide bonds. The van der Waals surface area contributed by atoms with E-state index in [4.69, 9.17) is 34.8 Å². The first-order valence-electron chi connectivity index (χ1n) is 32.4. The van der Waals surface area contributed by atoms with Gasteiger partial charge in [-0.2, -0.15) is 0 Å². The Morgan fingerprint density at radius 2 is 0.718 bits per heavy atom. The fourth-order valence-electron chi connectivity index (χ4n) is 11.6. The van der Waals surface area contributed by atoms with E-state index in [0.717, 1.165) is 80.3 Å². The Morgan fingerprint density at radius 3 is 1.11 bits per heavy atom. The second-order valence-electron chi connectivity index (χ2n) is 24.0. The number of allylic oxidation sites excluding steroid dienone is 1. The predicted octanol–water partition coefficient (Wildman–Crippen LogP) is 25.3. The number of amides is 4. The lowest BCUT2D eigenvalue weighted by Gasteiger charge is -2.08. The molecule has 0 saturated heterocycles. The molecule has 0 fully saturated rings. The molecule has 8 N–H and O–H groups in total. The number of benzene rings is 8. The van der Waals surface area contributed by atoms with E-state index in [1.54, 1.807) is 128 Å². The molecule has 16 rings (SSSR count). The molecule has 1 aliphatic carbocycles. The third kappa shape index (κ3) is 17.9. The number of fused-ring (bicyclic) bond motifs is 4. The van der Waals surface area contributed by atoms with Crippen molar-refractivity contribution in [2.24, 2.45) is 0 Å². The molecule has 0 saturated carbocycles. The Kier molecular flexibility index (Phi) is 25.0. The molecule has 0 spiro atoms. The minimum absolute atomic E-state index is 0. The fourth-order valence-corrected chi connectivity index (χ4v) is 18.6. The first kappa shape index (κ1) is 78.9. The third-order valence-electron chi connectivity index (χ3n) is 17.0. The summed E-state index contributed by atoms with van der Waals surface area (Å²) in [7, 11) is 0. The van der Waals surface area contributed by atoms with Crippen molar-refractivity contribution in [3.05, 3.63) is 306 Å². The number of halogens is 4. The number of nitrogens with one attached hydrogen (secondary N) is 4. The van der Waals surface area contributed by atoms with Crippen molar-refractivity contribution in [1.82, 2.24) is 0 Å². The number of aryl methyl sites for hydroxylation is 1. The number of carboxylic acid groups (broad SMARTS) is 4. The maximum absolute atomic E-state index is 12.7. The van der Waals surface area contributed by atoms with E-state index in [2.05, 4.69) is 37.2 Å². The minimum Gasteiger partial charge on any atom is -0.478 e. The average molecular weight is 1710 g/mol. The number of anilines is 4. The molecule has 15 aromatic rings. The smallest absolute Gasteiger partial charge is 0.339 e. The van der Waals surface area contributed by atoms with Gasteiger partial charge < -0.3 is 41.7 Å². The number of hydrogen-bond acceptors (Lipinski definition) is 15. The maximum atomic E-state index is 12.7. The summed E-state index contributed by atoms with van der Waals surface area (Å²) in [5.74, 6) is -5.71. The first-order chi connectivity index (χ1) is 52.5. The molecule has 0 unspecified atom stereocenters. The zero-order chi connectivity index (χ0) is 76.7. The summed E-state index contributed by atoms with van der Waals surface area (Å²) in [5, 5.41) is 68.2. The molecular formula is C83H56BrCl3N4O12S7.